The fourth-order valence-corrected chi connectivity index (χ4v) is 5.88. The first-order chi connectivity index (χ1) is 14.9. The van der Waals surface area contributed by atoms with Crippen molar-refractivity contribution in [3.05, 3.63) is 95.8 Å². The second kappa shape index (κ2) is 9.20. The van der Waals surface area contributed by atoms with E-state index in [1.54, 1.807) is 40.7 Å². The molecule has 0 bridgehead atoms. The van der Waals surface area contributed by atoms with Gasteiger partial charge in [0.2, 0.25) is 0 Å². The Morgan fingerprint density at radius 3 is 2.26 bits per heavy atom. The Labute approximate surface area is 184 Å². The number of piperidine rings is 1. The average Bonchev–Trinajstić information content (AvgIpc) is 2.77. The zero-order valence-corrected chi connectivity index (χ0v) is 18.4. The lowest BCUT2D eigenvalue weighted by atomic mass is 10.0. The maximum Gasteiger partial charge on any atom is 0.264 e. The van der Waals surface area contributed by atoms with Gasteiger partial charge in [-0.25, -0.2) is 12.8 Å². The number of hydrogen-bond donors (Lipinski definition) is 0. The van der Waals surface area contributed by atoms with Gasteiger partial charge in [-0.3, -0.25) is 9.21 Å². The number of halogens is 1. The van der Waals surface area contributed by atoms with Crippen molar-refractivity contribution in [2.45, 2.75) is 37.2 Å². The summed E-state index contributed by atoms with van der Waals surface area (Å²) in [4.78, 5) is 2.56. The Morgan fingerprint density at radius 1 is 0.935 bits per heavy atom. The molecule has 0 amide bonds. The van der Waals surface area contributed by atoms with Crippen LogP contribution in [0.1, 0.15) is 24.0 Å². The average molecular weight is 439 g/mol. The first-order valence-electron chi connectivity index (χ1n) is 10.6. The number of sulfonamides is 1. The SMILES string of the molecule is Cc1ccc(N(C2CCN(Cc3cccc(F)c3)CC2)S(=O)(=O)c2ccccc2)cc1. The van der Waals surface area contributed by atoms with E-state index in [2.05, 4.69) is 4.90 Å². The summed E-state index contributed by atoms with van der Waals surface area (Å²) in [6.45, 7) is 4.17. The maximum atomic E-state index is 13.6. The number of anilines is 1. The number of benzene rings is 3. The van der Waals surface area contributed by atoms with Crippen LogP contribution in [0.2, 0.25) is 0 Å². The van der Waals surface area contributed by atoms with Crippen LogP contribution in [-0.2, 0) is 16.6 Å². The molecule has 0 unspecified atom stereocenters. The quantitative estimate of drug-likeness (QED) is 0.544. The fraction of sp³-hybridized carbons (Fsp3) is 0.280. The molecule has 1 heterocycles. The van der Waals surface area contributed by atoms with Crippen molar-refractivity contribution in [1.29, 1.82) is 0 Å². The molecule has 0 atom stereocenters. The fourth-order valence-electron chi connectivity index (χ4n) is 4.15. The first kappa shape index (κ1) is 21.5. The van der Waals surface area contributed by atoms with Gasteiger partial charge in [-0.15, -0.1) is 0 Å². The van der Waals surface area contributed by atoms with Crippen LogP contribution < -0.4 is 4.31 Å². The van der Waals surface area contributed by atoms with Crippen LogP contribution in [0, 0.1) is 12.7 Å². The van der Waals surface area contributed by atoms with E-state index in [0.29, 0.717) is 17.1 Å². The summed E-state index contributed by atoms with van der Waals surface area (Å²) >= 11 is 0. The predicted octanol–water partition coefficient (Wildman–Crippen LogP) is 4.99. The molecule has 0 spiro atoms. The maximum absolute atomic E-state index is 13.6. The molecule has 1 saturated heterocycles. The second-order valence-electron chi connectivity index (χ2n) is 8.09. The van der Waals surface area contributed by atoms with Gasteiger partial charge in [0, 0.05) is 25.7 Å². The number of likely N-dealkylation sites (tertiary alicyclic amines) is 1. The molecule has 6 heteroatoms. The highest BCUT2D eigenvalue weighted by Crippen LogP contribution is 2.31. The van der Waals surface area contributed by atoms with Crippen molar-refractivity contribution in [1.82, 2.24) is 4.90 Å². The number of rotatable bonds is 6. The molecular weight excluding hydrogens is 411 g/mol. The van der Waals surface area contributed by atoms with Crippen LogP contribution in [0.25, 0.3) is 0 Å². The van der Waals surface area contributed by atoms with Crippen molar-refractivity contribution >= 4 is 15.7 Å². The minimum Gasteiger partial charge on any atom is -0.299 e. The molecule has 0 radical (unpaired) electrons. The first-order valence-corrected chi connectivity index (χ1v) is 12.0. The molecule has 31 heavy (non-hydrogen) atoms. The Balaban J connectivity index is 1.56. The van der Waals surface area contributed by atoms with Crippen LogP contribution in [0.4, 0.5) is 10.1 Å². The monoisotopic (exact) mass is 438 g/mol. The molecule has 1 aliphatic rings. The van der Waals surface area contributed by atoms with Crippen LogP contribution in [-0.4, -0.2) is 32.4 Å². The summed E-state index contributed by atoms with van der Waals surface area (Å²) < 4.78 is 42.3. The Hall–Kier alpha value is -2.70. The van der Waals surface area contributed by atoms with Gasteiger partial charge < -0.3 is 0 Å². The molecule has 0 aromatic heterocycles. The highest BCUT2D eigenvalue weighted by atomic mass is 32.2. The molecule has 1 aliphatic heterocycles. The summed E-state index contributed by atoms with van der Waals surface area (Å²) in [6.07, 6.45) is 1.44. The smallest absolute Gasteiger partial charge is 0.264 e. The van der Waals surface area contributed by atoms with Gasteiger partial charge in [-0.1, -0.05) is 48.0 Å². The van der Waals surface area contributed by atoms with E-state index in [0.717, 1.165) is 37.1 Å². The molecule has 4 nitrogen and oxygen atoms in total. The molecule has 3 aromatic rings. The minimum absolute atomic E-state index is 0.128. The topological polar surface area (TPSA) is 40.6 Å². The summed E-state index contributed by atoms with van der Waals surface area (Å²) in [5.74, 6) is -0.230. The van der Waals surface area contributed by atoms with E-state index in [4.69, 9.17) is 0 Å². The number of nitrogens with zero attached hydrogens (tertiary/aromatic N) is 2. The molecule has 4 rings (SSSR count). The molecule has 1 fully saturated rings. The summed E-state index contributed by atoms with van der Waals surface area (Å²) in [6, 6.07) is 22.8. The van der Waals surface area contributed by atoms with Crippen LogP contribution in [0.5, 0.6) is 0 Å². The second-order valence-corrected chi connectivity index (χ2v) is 9.90. The van der Waals surface area contributed by atoms with E-state index < -0.39 is 10.0 Å². The highest BCUT2D eigenvalue weighted by molar-refractivity contribution is 7.92. The normalized spacial score (nSPS) is 15.7. The zero-order chi connectivity index (χ0) is 21.8. The van der Waals surface area contributed by atoms with Gasteiger partial charge in [0.1, 0.15) is 5.82 Å². The Morgan fingerprint density at radius 2 is 1.61 bits per heavy atom. The van der Waals surface area contributed by atoms with Crippen LogP contribution >= 0.6 is 0 Å². The van der Waals surface area contributed by atoms with Crippen molar-refractivity contribution in [2.75, 3.05) is 17.4 Å². The minimum atomic E-state index is -3.68. The number of hydrogen-bond acceptors (Lipinski definition) is 3. The lowest BCUT2D eigenvalue weighted by Gasteiger charge is -2.39. The Bertz CT molecular complexity index is 1110. The molecular formula is C25H27FN2O2S. The van der Waals surface area contributed by atoms with Gasteiger partial charge >= 0.3 is 0 Å². The largest absolute Gasteiger partial charge is 0.299 e. The van der Waals surface area contributed by atoms with Crippen LogP contribution in [0.3, 0.4) is 0 Å². The standard InChI is InChI=1S/C25H27FN2O2S/c1-20-10-12-23(13-11-20)28(31(29,30)25-8-3-2-4-9-25)24-14-16-27(17-15-24)19-21-6-5-7-22(26)18-21/h2-13,18,24H,14-17,19H2,1H3. The van der Waals surface area contributed by atoms with Gasteiger partial charge in [0.05, 0.1) is 10.6 Å². The van der Waals surface area contributed by atoms with E-state index in [1.165, 1.54) is 6.07 Å². The third-order valence-corrected chi connectivity index (χ3v) is 7.67. The highest BCUT2D eigenvalue weighted by Gasteiger charge is 2.34. The van der Waals surface area contributed by atoms with Crippen molar-refractivity contribution in [3.63, 3.8) is 0 Å². The third kappa shape index (κ3) is 4.97. The van der Waals surface area contributed by atoms with E-state index >= 15 is 0 Å². The molecule has 162 valence electrons. The van der Waals surface area contributed by atoms with Gasteiger partial charge in [0.15, 0.2) is 0 Å². The van der Waals surface area contributed by atoms with Crippen molar-refractivity contribution < 1.29 is 12.8 Å². The molecule has 0 N–H and O–H groups in total. The van der Waals surface area contributed by atoms with Crippen molar-refractivity contribution in [2.24, 2.45) is 0 Å². The third-order valence-electron chi connectivity index (χ3n) is 5.77. The van der Waals surface area contributed by atoms with E-state index in [-0.39, 0.29) is 11.9 Å². The summed E-state index contributed by atoms with van der Waals surface area (Å²) in [5, 5.41) is 0. The lowest BCUT2D eigenvalue weighted by Crippen LogP contribution is -2.47. The predicted molar refractivity (Wildman–Crippen MR) is 122 cm³/mol. The van der Waals surface area contributed by atoms with E-state index in [1.807, 2.05) is 43.3 Å². The zero-order valence-electron chi connectivity index (χ0n) is 17.6. The van der Waals surface area contributed by atoms with Gasteiger partial charge in [-0.2, -0.15) is 0 Å². The number of aryl methyl sites for hydroxylation is 1. The van der Waals surface area contributed by atoms with Crippen LogP contribution in [0.15, 0.2) is 83.8 Å². The van der Waals surface area contributed by atoms with E-state index in [9.17, 15) is 12.8 Å². The van der Waals surface area contributed by atoms with Gasteiger partial charge in [-0.05, 0) is 61.7 Å². The molecule has 0 saturated carbocycles. The lowest BCUT2D eigenvalue weighted by molar-refractivity contribution is 0.206. The van der Waals surface area contributed by atoms with Crippen molar-refractivity contribution in [3.8, 4) is 0 Å². The summed E-state index contributed by atoms with van der Waals surface area (Å²) in [5.41, 5.74) is 2.72. The Kier molecular flexibility index (Phi) is 6.39. The molecule has 0 aliphatic carbocycles. The molecule has 3 aromatic carbocycles. The van der Waals surface area contributed by atoms with Gasteiger partial charge in [0.25, 0.3) is 10.0 Å². The summed E-state index contributed by atoms with van der Waals surface area (Å²) in [7, 11) is -3.68.